The number of rotatable bonds is 7. The van der Waals surface area contributed by atoms with Crippen LogP contribution in [0, 0.1) is 0 Å². The molecule has 0 saturated carbocycles. The van der Waals surface area contributed by atoms with Crippen molar-refractivity contribution in [2.45, 2.75) is 18.5 Å². The van der Waals surface area contributed by atoms with Crippen LogP contribution < -0.4 is 10.1 Å². The molecule has 0 radical (unpaired) electrons. The predicted octanol–water partition coefficient (Wildman–Crippen LogP) is 4.40. The molecule has 1 fully saturated rings. The molecule has 4 rings (SSSR count). The van der Waals surface area contributed by atoms with Gasteiger partial charge >= 0.3 is 0 Å². The molecule has 2 amide bonds. The van der Waals surface area contributed by atoms with Gasteiger partial charge in [-0.15, -0.1) is 11.8 Å². The van der Waals surface area contributed by atoms with Crippen molar-refractivity contribution < 1.29 is 14.3 Å². The molecular formula is C25H24N2O3S. The third kappa shape index (κ3) is 4.91. The van der Waals surface area contributed by atoms with Gasteiger partial charge in [0.1, 0.15) is 11.1 Å². The molecule has 0 aromatic heterocycles. The molecule has 1 atom stereocenters. The van der Waals surface area contributed by atoms with Crippen molar-refractivity contribution >= 4 is 23.6 Å². The van der Waals surface area contributed by atoms with Crippen LogP contribution in [0.15, 0.2) is 78.9 Å². The second-order valence-electron chi connectivity index (χ2n) is 7.29. The number of hydrogen-bond acceptors (Lipinski definition) is 4. The van der Waals surface area contributed by atoms with Crippen molar-refractivity contribution in [1.29, 1.82) is 0 Å². The number of methoxy groups -OCH3 is 1. The fourth-order valence-electron chi connectivity index (χ4n) is 3.61. The number of benzene rings is 3. The number of ether oxygens (including phenoxy) is 1. The number of thioether (sulfide) groups is 1. The molecule has 0 aliphatic carbocycles. The first kappa shape index (κ1) is 21.0. The number of nitrogens with one attached hydrogen (secondary N) is 1. The number of nitrogens with zero attached hydrogens (tertiary/aromatic N) is 1. The molecule has 1 aliphatic rings. The van der Waals surface area contributed by atoms with E-state index in [9.17, 15) is 9.59 Å². The van der Waals surface area contributed by atoms with E-state index in [1.54, 1.807) is 18.9 Å². The number of carbonyl (C=O) groups is 2. The second-order valence-corrected chi connectivity index (χ2v) is 8.36. The third-order valence-electron chi connectivity index (χ3n) is 5.25. The molecule has 3 aromatic rings. The van der Waals surface area contributed by atoms with Crippen molar-refractivity contribution in [2.24, 2.45) is 0 Å². The zero-order chi connectivity index (χ0) is 21.6. The fourth-order valence-corrected chi connectivity index (χ4v) is 4.79. The molecule has 0 bridgehead atoms. The third-order valence-corrected chi connectivity index (χ3v) is 6.51. The Balaban J connectivity index is 1.42. The maximum absolute atomic E-state index is 12.6. The number of hydrogen-bond donors (Lipinski definition) is 1. The topological polar surface area (TPSA) is 58.6 Å². The largest absolute Gasteiger partial charge is 0.496 e. The zero-order valence-corrected chi connectivity index (χ0v) is 18.1. The Labute approximate surface area is 186 Å². The molecular weight excluding hydrogens is 408 g/mol. The van der Waals surface area contributed by atoms with Crippen LogP contribution in [0.25, 0.3) is 0 Å². The fraction of sp³-hybridized carbons (Fsp3) is 0.200. The monoisotopic (exact) mass is 432 g/mol. The highest BCUT2D eigenvalue weighted by Gasteiger charge is 2.32. The molecule has 1 heterocycles. The Bertz CT molecular complexity index is 1050. The highest BCUT2D eigenvalue weighted by molar-refractivity contribution is 8.00. The summed E-state index contributed by atoms with van der Waals surface area (Å²) in [7, 11) is 1.62. The van der Waals surface area contributed by atoms with Gasteiger partial charge in [-0.1, -0.05) is 60.7 Å². The van der Waals surface area contributed by atoms with Crippen LogP contribution in [0.1, 0.15) is 32.4 Å². The highest BCUT2D eigenvalue weighted by Crippen LogP contribution is 2.39. The van der Waals surface area contributed by atoms with E-state index < -0.39 is 0 Å². The Kier molecular flexibility index (Phi) is 6.57. The maximum Gasteiger partial charge on any atom is 0.251 e. The molecule has 0 unspecified atom stereocenters. The van der Waals surface area contributed by atoms with Crippen LogP contribution in [-0.2, 0) is 17.9 Å². The first-order valence-corrected chi connectivity index (χ1v) is 11.2. The molecule has 1 saturated heterocycles. The minimum Gasteiger partial charge on any atom is -0.496 e. The Hall–Kier alpha value is -3.25. The van der Waals surface area contributed by atoms with E-state index in [2.05, 4.69) is 5.32 Å². The van der Waals surface area contributed by atoms with Crippen LogP contribution in [0.3, 0.4) is 0 Å². The predicted molar refractivity (Wildman–Crippen MR) is 123 cm³/mol. The van der Waals surface area contributed by atoms with Gasteiger partial charge < -0.3 is 15.0 Å². The first-order chi connectivity index (χ1) is 15.2. The minimum absolute atomic E-state index is 0.0432. The second kappa shape index (κ2) is 9.71. The van der Waals surface area contributed by atoms with Crippen molar-refractivity contribution in [3.63, 3.8) is 0 Å². The van der Waals surface area contributed by atoms with E-state index in [1.807, 2.05) is 83.8 Å². The molecule has 0 spiro atoms. The summed E-state index contributed by atoms with van der Waals surface area (Å²) in [4.78, 5) is 26.9. The quantitative estimate of drug-likeness (QED) is 0.601. The van der Waals surface area contributed by atoms with E-state index in [-0.39, 0.29) is 17.2 Å². The summed E-state index contributed by atoms with van der Waals surface area (Å²) in [5.74, 6) is 1.21. The van der Waals surface area contributed by atoms with Crippen LogP contribution in [0.2, 0.25) is 0 Å². The normalized spacial score (nSPS) is 15.7. The van der Waals surface area contributed by atoms with Gasteiger partial charge in [-0.25, -0.2) is 0 Å². The van der Waals surface area contributed by atoms with E-state index in [4.69, 9.17) is 4.74 Å². The lowest BCUT2D eigenvalue weighted by Gasteiger charge is -2.24. The lowest BCUT2D eigenvalue weighted by Crippen LogP contribution is -2.27. The van der Waals surface area contributed by atoms with Gasteiger partial charge in [0.05, 0.1) is 12.9 Å². The van der Waals surface area contributed by atoms with Gasteiger partial charge in [-0.3, -0.25) is 9.59 Å². The number of carbonyl (C=O) groups excluding carboxylic acids is 2. The van der Waals surface area contributed by atoms with Crippen LogP contribution in [0.4, 0.5) is 0 Å². The van der Waals surface area contributed by atoms with Gasteiger partial charge in [0.15, 0.2) is 0 Å². The SMILES string of the molecule is COc1ccccc1CNC(=O)c1ccc([C@@H]2SCC(=O)N2Cc2ccccc2)cc1. The Morgan fingerprint density at radius 2 is 1.74 bits per heavy atom. The van der Waals surface area contributed by atoms with Gasteiger partial charge in [0.2, 0.25) is 5.91 Å². The smallest absolute Gasteiger partial charge is 0.251 e. The maximum atomic E-state index is 12.6. The van der Waals surface area contributed by atoms with Crippen molar-refractivity contribution in [3.05, 3.63) is 101 Å². The summed E-state index contributed by atoms with van der Waals surface area (Å²) in [6.07, 6.45) is 0. The standard InChI is InChI=1S/C25H24N2O3S/c1-30-22-10-6-5-9-21(22)15-26-24(29)19-11-13-20(14-12-19)25-27(23(28)17-31-25)16-18-7-3-2-4-8-18/h2-14,25H,15-17H2,1H3,(H,26,29)/t25-/m0/s1. The summed E-state index contributed by atoms with van der Waals surface area (Å²) in [5.41, 5.74) is 3.64. The molecule has 1 aliphatic heterocycles. The van der Waals surface area contributed by atoms with Crippen molar-refractivity contribution in [3.8, 4) is 5.75 Å². The number of amides is 2. The van der Waals surface area contributed by atoms with Crippen LogP contribution in [-0.4, -0.2) is 29.6 Å². The number of para-hydroxylation sites is 1. The summed E-state index contributed by atoms with van der Waals surface area (Å²) in [5, 5.41) is 2.90. The molecule has 31 heavy (non-hydrogen) atoms. The van der Waals surface area contributed by atoms with Gasteiger partial charge in [-0.05, 0) is 29.3 Å². The Morgan fingerprint density at radius 3 is 2.48 bits per heavy atom. The molecule has 158 valence electrons. The van der Waals surface area contributed by atoms with E-state index in [1.165, 1.54) is 0 Å². The van der Waals surface area contributed by atoms with Crippen LogP contribution in [0.5, 0.6) is 5.75 Å². The van der Waals surface area contributed by atoms with Crippen molar-refractivity contribution in [2.75, 3.05) is 12.9 Å². The van der Waals surface area contributed by atoms with E-state index in [0.717, 1.165) is 22.4 Å². The van der Waals surface area contributed by atoms with E-state index >= 15 is 0 Å². The summed E-state index contributed by atoms with van der Waals surface area (Å²) < 4.78 is 5.33. The summed E-state index contributed by atoms with van der Waals surface area (Å²) in [6, 6.07) is 25.1. The highest BCUT2D eigenvalue weighted by atomic mass is 32.2. The van der Waals surface area contributed by atoms with Crippen molar-refractivity contribution in [1.82, 2.24) is 10.2 Å². The summed E-state index contributed by atoms with van der Waals surface area (Å²) >= 11 is 1.62. The lowest BCUT2D eigenvalue weighted by molar-refractivity contribution is -0.128. The average molecular weight is 433 g/mol. The lowest BCUT2D eigenvalue weighted by atomic mass is 10.1. The zero-order valence-electron chi connectivity index (χ0n) is 17.3. The summed E-state index contributed by atoms with van der Waals surface area (Å²) in [6.45, 7) is 0.973. The van der Waals surface area contributed by atoms with Crippen LogP contribution >= 0.6 is 11.8 Å². The molecule has 1 N–H and O–H groups in total. The molecule has 5 nitrogen and oxygen atoms in total. The van der Waals surface area contributed by atoms with Gasteiger partial charge in [0.25, 0.3) is 5.91 Å². The van der Waals surface area contributed by atoms with E-state index in [0.29, 0.717) is 24.4 Å². The first-order valence-electron chi connectivity index (χ1n) is 10.1. The minimum atomic E-state index is -0.145. The van der Waals surface area contributed by atoms with Gasteiger partial charge in [-0.2, -0.15) is 0 Å². The Morgan fingerprint density at radius 1 is 1.03 bits per heavy atom. The van der Waals surface area contributed by atoms with Gasteiger partial charge in [0, 0.05) is 24.2 Å². The molecule has 6 heteroatoms. The average Bonchev–Trinajstić information content (AvgIpc) is 3.18. The molecule has 3 aromatic carbocycles.